The Labute approximate surface area is 124 Å². The molecule has 0 bridgehead atoms. The van der Waals surface area contributed by atoms with E-state index >= 15 is 0 Å². The van der Waals surface area contributed by atoms with E-state index in [0.717, 1.165) is 12.0 Å². The summed E-state index contributed by atoms with van der Waals surface area (Å²) < 4.78 is 13.5. The average Bonchev–Trinajstić information content (AvgIpc) is 2.46. The third-order valence-corrected chi connectivity index (χ3v) is 4.04. The van der Waals surface area contributed by atoms with Crippen LogP contribution in [0.2, 0.25) is 5.02 Å². The standard InChI is InChI=1S/C17H19ClFN/c1-12(11-14-9-6-10-15(19)16(14)18)17(20-2)13-7-4-3-5-8-13/h3-10,12,17,20H,11H2,1-2H3. The van der Waals surface area contributed by atoms with Crippen LogP contribution in [0.15, 0.2) is 48.5 Å². The summed E-state index contributed by atoms with van der Waals surface area (Å²) in [4.78, 5) is 0. The van der Waals surface area contributed by atoms with Crippen molar-refractivity contribution in [2.24, 2.45) is 5.92 Å². The van der Waals surface area contributed by atoms with E-state index in [0.29, 0.717) is 5.92 Å². The molecule has 0 fully saturated rings. The van der Waals surface area contributed by atoms with Crippen LogP contribution in [0, 0.1) is 11.7 Å². The minimum absolute atomic E-state index is 0.218. The molecule has 0 aliphatic carbocycles. The largest absolute Gasteiger partial charge is 0.313 e. The lowest BCUT2D eigenvalue weighted by molar-refractivity contribution is 0.408. The van der Waals surface area contributed by atoms with Crippen LogP contribution in [0.4, 0.5) is 4.39 Å². The van der Waals surface area contributed by atoms with Gasteiger partial charge in [-0.15, -0.1) is 0 Å². The van der Waals surface area contributed by atoms with E-state index in [2.05, 4.69) is 24.4 Å². The zero-order valence-electron chi connectivity index (χ0n) is 11.7. The predicted octanol–water partition coefficient (Wildman–Crippen LogP) is 4.62. The SMILES string of the molecule is CNC(c1ccccc1)C(C)Cc1cccc(F)c1Cl. The summed E-state index contributed by atoms with van der Waals surface area (Å²) in [5.41, 5.74) is 2.09. The number of nitrogens with one attached hydrogen (secondary N) is 1. The van der Waals surface area contributed by atoms with Crippen LogP contribution >= 0.6 is 11.6 Å². The molecule has 2 unspecified atom stereocenters. The van der Waals surface area contributed by atoms with Gasteiger partial charge in [-0.2, -0.15) is 0 Å². The van der Waals surface area contributed by atoms with Gasteiger partial charge >= 0.3 is 0 Å². The first-order chi connectivity index (χ1) is 9.63. The van der Waals surface area contributed by atoms with E-state index < -0.39 is 0 Å². The first-order valence-electron chi connectivity index (χ1n) is 6.78. The van der Waals surface area contributed by atoms with Crippen molar-refractivity contribution in [3.05, 3.63) is 70.5 Å². The van der Waals surface area contributed by atoms with Gasteiger partial charge in [0.15, 0.2) is 0 Å². The van der Waals surface area contributed by atoms with Crippen molar-refractivity contribution in [1.82, 2.24) is 5.32 Å². The van der Waals surface area contributed by atoms with Gasteiger partial charge in [0, 0.05) is 6.04 Å². The van der Waals surface area contributed by atoms with E-state index in [1.807, 2.05) is 31.3 Å². The summed E-state index contributed by atoms with van der Waals surface area (Å²) in [6, 6.07) is 15.5. The molecule has 1 N–H and O–H groups in total. The maximum absolute atomic E-state index is 13.5. The second-order valence-electron chi connectivity index (χ2n) is 5.07. The Hall–Kier alpha value is -1.38. The van der Waals surface area contributed by atoms with Crippen LogP contribution in [0.25, 0.3) is 0 Å². The van der Waals surface area contributed by atoms with Crippen LogP contribution in [0.3, 0.4) is 0 Å². The molecule has 3 heteroatoms. The number of benzene rings is 2. The molecule has 0 radical (unpaired) electrons. The molecule has 0 amide bonds. The van der Waals surface area contributed by atoms with E-state index in [4.69, 9.17) is 11.6 Å². The number of hydrogen-bond acceptors (Lipinski definition) is 1. The lowest BCUT2D eigenvalue weighted by atomic mass is 9.89. The van der Waals surface area contributed by atoms with Gasteiger partial charge in [0.1, 0.15) is 5.82 Å². The van der Waals surface area contributed by atoms with Gasteiger partial charge in [0.05, 0.1) is 5.02 Å². The van der Waals surface area contributed by atoms with Gasteiger partial charge in [0.25, 0.3) is 0 Å². The number of hydrogen-bond donors (Lipinski definition) is 1. The Morgan fingerprint density at radius 2 is 1.80 bits per heavy atom. The predicted molar refractivity (Wildman–Crippen MR) is 82.5 cm³/mol. The van der Waals surface area contributed by atoms with Crippen molar-refractivity contribution in [3.63, 3.8) is 0 Å². The molecular formula is C17H19ClFN. The molecule has 106 valence electrons. The zero-order valence-corrected chi connectivity index (χ0v) is 12.5. The average molecular weight is 292 g/mol. The highest BCUT2D eigenvalue weighted by Crippen LogP contribution is 2.28. The lowest BCUT2D eigenvalue weighted by Gasteiger charge is -2.24. The van der Waals surface area contributed by atoms with Crippen molar-refractivity contribution >= 4 is 11.6 Å². The molecule has 0 saturated carbocycles. The first-order valence-corrected chi connectivity index (χ1v) is 7.16. The lowest BCUT2D eigenvalue weighted by Crippen LogP contribution is -2.25. The van der Waals surface area contributed by atoms with Crippen LogP contribution in [0.5, 0.6) is 0 Å². The monoisotopic (exact) mass is 291 g/mol. The molecular weight excluding hydrogens is 273 g/mol. The topological polar surface area (TPSA) is 12.0 Å². The summed E-state index contributed by atoms with van der Waals surface area (Å²) in [6.07, 6.45) is 0.733. The van der Waals surface area contributed by atoms with E-state index in [1.54, 1.807) is 6.07 Å². The van der Waals surface area contributed by atoms with Crippen LogP contribution in [-0.2, 0) is 6.42 Å². The summed E-state index contributed by atoms with van der Waals surface area (Å²) in [5, 5.41) is 3.57. The van der Waals surface area contributed by atoms with Gasteiger partial charge in [0.2, 0.25) is 0 Å². The third-order valence-electron chi connectivity index (χ3n) is 3.61. The molecule has 2 rings (SSSR count). The molecule has 0 aliphatic rings. The molecule has 2 aromatic rings. The van der Waals surface area contributed by atoms with Crippen molar-refractivity contribution in [1.29, 1.82) is 0 Å². The normalized spacial score (nSPS) is 14.0. The molecule has 0 saturated heterocycles. The fourth-order valence-electron chi connectivity index (χ4n) is 2.61. The molecule has 2 atom stereocenters. The van der Waals surface area contributed by atoms with Crippen LogP contribution in [0.1, 0.15) is 24.1 Å². The van der Waals surface area contributed by atoms with Crippen LogP contribution in [-0.4, -0.2) is 7.05 Å². The van der Waals surface area contributed by atoms with Gasteiger partial charge in [-0.3, -0.25) is 0 Å². The summed E-state index contributed by atoms with van der Waals surface area (Å²) >= 11 is 6.04. The highest BCUT2D eigenvalue weighted by Gasteiger charge is 2.19. The quantitative estimate of drug-likeness (QED) is 0.848. The Morgan fingerprint density at radius 3 is 2.45 bits per heavy atom. The van der Waals surface area contributed by atoms with E-state index in [1.165, 1.54) is 11.6 Å². The van der Waals surface area contributed by atoms with Crippen molar-refractivity contribution in [3.8, 4) is 0 Å². The maximum Gasteiger partial charge on any atom is 0.142 e. The van der Waals surface area contributed by atoms with E-state index in [-0.39, 0.29) is 16.9 Å². The molecule has 0 heterocycles. The number of halogens is 2. The summed E-state index contributed by atoms with van der Waals surface area (Å²) in [6.45, 7) is 2.15. The zero-order chi connectivity index (χ0) is 14.5. The second-order valence-corrected chi connectivity index (χ2v) is 5.45. The second kappa shape index (κ2) is 6.87. The fraction of sp³-hybridized carbons (Fsp3) is 0.294. The Morgan fingerprint density at radius 1 is 1.10 bits per heavy atom. The Balaban J connectivity index is 2.18. The maximum atomic E-state index is 13.5. The molecule has 1 nitrogen and oxygen atoms in total. The first kappa shape index (κ1) is 15.0. The molecule has 0 aliphatic heterocycles. The minimum atomic E-state index is -0.350. The third kappa shape index (κ3) is 3.38. The highest BCUT2D eigenvalue weighted by molar-refractivity contribution is 6.31. The molecule has 2 aromatic carbocycles. The van der Waals surface area contributed by atoms with Crippen molar-refractivity contribution < 1.29 is 4.39 Å². The minimum Gasteiger partial charge on any atom is -0.313 e. The smallest absolute Gasteiger partial charge is 0.142 e. The van der Waals surface area contributed by atoms with Crippen LogP contribution < -0.4 is 5.32 Å². The summed E-state index contributed by atoms with van der Waals surface area (Å²) in [7, 11) is 1.95. The van der Waals surface area contributed by atoms with Gasteiger partial charge in [-0.05, 0) is 36.6 Å². The molecule has 0 aromatic heterocycles. The number of rotatable bonds is 5. The highest BCUT2D eigenvalue weighted by atomic mass is 35.5. The van der Waals surface area contributed by atoms with E-state index in [9.17, 15) is 4.39 Å². The van der Waals surface area contributed by atoms with Crippen molar-refractivity contribution in [2.75, 3.05) is 7.05 Å². The van der Waals surface area contributed by atoms with Gasteiger partial charge in [-0.25, -0.2) is 4.39 Å². The Kier molecular flexibility index (Phi) is 5.16. The fourth-order valence-corrected chi connectivity index (χ4v) is 2.81. The molecule has 0 spiro atoms. The van der Waals surface area contributed by atoms with Crippen molar-refractivity contribution in [2.45, 2.75) is 19.4 Å². The summed E-state index contributed by atoms with van der Waals surface area (Å²) in [5.74, 6) is -0.0428. The Bertz CT molecular complexity index is 556. The van der Waals surface area contributed by atoms with Gasteiger partial charge < -0.3 is 5.32 Å². The van der Waals surface area contributed by atoms with Gasteiger partial charge in [-0.1, -0.05) is 61.0 Å². The molecule has 20 heavy (non-hydrogen) atoms.